The van der Waals surface area contributed by atoms with Crippen molar-refractivity contribution in [2.24, 2.45) is 28.6 Å². The number of carbonyl (C=O) groups excluding carboxylic acids is 1. The monoisotopic (exact) mass is 346 g/mol. The minimum atomic E-state index is -1.76. The first kappa shape index (κ1) is 17.0. The highest BCUT2D eigenvalue weighted by molar-refractivity contribution is 6.01. The highest BCUT2D eigenvalue weighted by Gasteiger charge is 2.68. The van der Waals surface area contributed by atoms with E-state index in [2.05, 4.69) is 6.92 Å². The fourth-order valence-corrected chi connectivity index (χ4v) is 6.68. The predicted octanol–water partition coefficient (Wildman–Crippen LogP) is 2.08. The number of rotatable bonds is 1. The van der Waals surface area contributed by atoms with E-state index in [0.717, 1.165) is 18.4 Å². The van der Waals surface area contributed by atoms with Crippen LogP contribution in [-0.2, 0) is 9.59 Å². The molecule has 0 heterocycles. The number of ketones is 1. The summed E-state index contributed by atoms with van der Waals surface area (Å²) in [6.07, 6.45) is 7.37. The van der Waals surface area contributed by atoms with E-state index in [1.807, 2.05) is 13.0 Å². The first-order valence-corrected chi connectivity index (χ1v) is 9.21. The quantitative estimate of drug-likeness (QED) is 0.676. The number of aliphatic hydroxyl groups is 2. The molecule has 3 saturated carbocycles. The number of hydrogen-bond donors (Lipinski definition) is 3. The van der Waals surface area contributed by atoms with Gasteiger partial charge in [0, 0.05) is 16.7 Å². The highest BCUT2D eigenvalue weighted by atomic mass is 16.4. The van der Waals surface area contributed by atoms with Crippen LogP contribution in [0, 0.1) is 28.6 Å². The summed E-state index contributed by atoms with van der Waals surface area (Å²) in [6, 6.07) is 0. The minimum absolute atomic E-state index is 0.00202. The molecule has 3 fully saturated rings. The van der Waals surface area contributed by atoms with Crippen molar-refractivity contribution >= 4 is 11.8 Å². The van der Waals surface area contributed by atoms with E-state index in [-0.39, 0.29) is 41.8 Å². The molecule has 0 saturated heterocycles. The van der Waals surface area contributed by atoms with Crippen LogP contribution in [0.1, 0.15) is 46.0 Å². The molecule has 0 aliphatic heterocycles. The van der Waals surface area contributed by atoms with Crippen LogP contribution in [0.5, 0.6) is 0 Å². The van der Waals surface area contributed by atoms with Gasteiger partial charge in [-0.3, -0.25) is 4.79 Å². The lowest BCUT2D eigenvalue weighted by atomic mass is 9.46. The Labute approximate surface area is 147 Å². The Morgan fingerprint density at radius 2 is 2.00 bits per heavy atom. The third-order valence-corrected chi connectivity index (χ3v) is 8.00. The van der Waals surface area contributed by atoms with Crippen molar-refractivity contribution in [3.8, 4) is 0 Å². The standard InChI is InChI=1S/C20H26O5/c1-18-7-5-12(21)9-11(18)3-4-13-14-6-8-20(25,17(23)24)19(14,2)10-15(22)16(13)18/h5,7,9,13-16,22,25H,3-4,6,8,10H2,1-2H3,(H,23,24)/t13-,14-,15?,16+,18-,19-,20?/m0/s1. The largest absolute Gasteiger partial charge is 0.479 e. The van der Waals surface area contributed by atoms with Gasteiger partial charge in [-0.25, -0.2) is 4.79 Å². The number of allylic oxidation sites excluding steroid dienone is 4. The lowest BCUT2D eigenvalue weighted by Gasteiger charge is -2.59. The minimum Gasteiger partial charge on any atom is -0.479 e. The maximum Gasteiger partial charge on any atom is 0.336 e. The van der Waals surface area contributed by atoms with Crippen LogP contribution in [0.4, 0.5) is 0 Å². The number of aliphatic carboxylic acids is 1. The Morgan fingerprint density at radius 1 is 1.28 bits per heavy atom. The topological polar surface area (TPSA) is 94.8 Å². The smallest absolute Gasteiger partial charge is 0.336 e. The van der Waals surface area contributed by atoms with Gasteiger partial charge in [0.05, 0.1) is 6.10 Å². The molecule has 0 radical (unpaired) electrons. The second-order valence-corrected chi connectivity index (χ2v) is 8.92. The number of carboxylic acid groups (broad SMARTS) is 1. The van der Waals surface area contributed by atoms with Gasteiger partial charge in [-0.1, -0.05) is 25.5 Å². The Morgan fingerprint density at radius 3 is 2.68 bits per heavy atom. The first-order chi connectivity index (χ1) is 11.6. The van der Waals surface area contributed by atoms with Gasteiger partial charge >= 0.3 is 5.97 Å². The maximum atomic E-state index is 11.8. The molecule has 0 aromatic carbocycles. The molecule has 4 aliphatic carbocycles. The van der Waals surface area contributed by atoms with Gasteiger partial charge in [-0.2, -0.15) is 0 Å². The molecule has 4 aliphatic rings. The molecule has 0 spiro atoms. The first-order valence-electron chi connectivity index (χ1n) is 9.21. The summed E-state index contributed by atoms with van der Waals surface area (Å²) in [4.78, 5) is 23.6. The van der Waals surface area contributed by atoms with Crippen molar-refractivity contribution in [2.45, 2.75) is 57.7 Å². The maximum absolute atomic E-state index is 11.8. The zero-order valence-corrected chi connectivity index (χ0v) is 14.7. The molecule has 136 valence electrons. The summed E-state index contributed by atoms with van der Waals surface area (Å²) in [6.45, 7) is 3.93. The normalized spacial score (nSPS) is 51.4. The summed E-state index contributed by atoms with van der Waals surface area (Å²) in [5.74, 6) is -0.976. The molecule has 0 aromatic rings. The number of fused-ring (bicyclic) bond motifs is 5. The van der Waals surface area contributed by atoms with Gasteiger partial charge in [0.1, 0.15) is 0 Å². The van der Waals surface area contributed by atoms with Gasteiger partial charge in [0.15, 0.2) is 11.4 Å². The Hall–Kier alpha value is -1.46. The number of carboxylic acids is 1. The van der Waals surface area contributed by atoms with Crippen LogP contribution in [0.2, 0.25) is 0 Å². The molecule has 2 unspecified atom stereocenters. The lowest BCUT2D eigenvalue weighted by molar-refractivity contribution is -0.192. The highest BCUT2D eigenvalue weighted by Crippen LogP contribution is 2.66. The Balaban J connectivity index is 1.76. The summed E-state index contributed by atoms with van der Waals surface area (Å²) < 4.78 is 0. The fraction of sp³-hybridized carbons (Fsp3) is 0.700. The molecular weight excluding hydrogens is 320 g/mol. The van der Waals surface area contributed by atoms with Crippen molar-refractivity contribution < 1.29 is 24.9 Å². The number of carbonyl (C=O) groups is 2. The van der Waals surface area contributed by atoms with Crippen molar-refractivity contribution in [1.82, 2.24) is 0 Å². The molecule has 0 aromatic heterocycles. The van der Waals surface area contributed by atoms with Gasteiger partial charge < -0.3 is 15.3 Å². The Bertz CT molecular complexity index is 709. The molecule has 5 heteroatoms. The van der Waals surface area contributed by atoms with Crippen LogP contribution < -0.4 is 0 Å². The van der Waals surface area contributed by atoms with E-state index < -0.39 is 23.1 Å². The van der Waals surface area contributed by atoms with E-state index >= 15 is 0 Å². The van der Waals surface area contributed by atoms with Crippen molar-refractivity contribution in [1.29, 1.82) is 0 Å². The van der Waals surface area contributed by atoms with E-state index in [0.29, 0.717) is 6.42 Å². The third kappa shape index (κ3) is 1.97. The summed E-state index contributed by atoms with van der Waals surface area (Å²) in [5.41, 5.74) is -1.86. The second-order valence-electron chi connectivity index (χ2n) is 8.92. The molecular formula is C20H26O5. The average Bonchev–Trinajstić information content (AvgIpc) is 2.80. The van der Waals surface area contributed by atoms with Crippen molar-refractivity contribution in [3.63, 3.8) is 0 Å². The van der Waals surface area contributed by atoms with Crippen LogP contribution >= 0.6 is 0 Å². The van der Waals surface area contributed by atoms with Crippen LogP contribution in [0.15, 0.2) is 23.8 Å². The second kappa shape index (κ2) is 5.04. The van der Waals surface area contributed by atoms with Crippen molar-refractivity contribution in [3.05, 3.63) is 23.8 Å². The van der Waals surface area contributed by atoms with Crippen molar-refractivity contribution in [2.75, 3.05) is 0 Å². The van der Waals surface area contributed by atoms with Gasteiger partial charge in [0.2, 0.25) is 0 Å². The molecule has 7 atom stereocenters. The van der Waals surface area contributed by atoms with Crippen LogP contribution in [0.3, 0.4) is 0 Å². The summed E-state index contributed by atoms with van der Waals surface area (Å²) >= 11 is 0. The Kier molecular flexibility index (Phi) is 3.42. The van der Waals surface area contributed by atoms with Crippen LogP contribution in [0.25, 0.3) is 0 Å². The summed E-state index contributed by atoms with van der Waals surface area (Å²) in [7, 11) is 0. The molecule has 25 heavy (non-hydrogen) atoms. The molecule has 4 rings (SSSR count). The average molecular weight is 346 g/mol. The molecule has 5 nitrogen and oxygen atoms in total. The van der Waals surface area contributed by atoms with Gasteiger partial charge in [-0.05, 0) is 56.1 Å². The van der Waals surface area contributed by atoms with E-state index in [1.165, 1.54) is 0 Å². The fourth-order valence-electron chi connectivity index (χ4n) is 6.68. The number of aliphatic hydroxyl groups excluding tert-OH is 1. The molecule has 0 bridgehead atoms. The molecule has 0 amide bonds. The zero-order valence-electron chi connectivity index (χ0n) is 14.7. The van der Waals surface area contributed by atoms with Gasteiger partial charge in [-0.15, -0.1) is 0 Å². The third-order valence-electron chi connectivity index (χ3n) is 8.00. The van der Waals surface area contributed by atoms with E-state index in [9.17, 15) is 24.9 Å². The van der Waals surface area contributed by atoms with Crippen LogP contribution in [-0.4, -0.2) is 38.8 Å². The predicted molar refractivity (Wildman–Crippen MR) is 90.6 cm³/mol. The SMILES string of the molecule is C[C@]12C=CC(=O)C=C1CC[C@@H]1[C@@H]2C(O)C[C@@]2(C)[C@H]1CCC2(O)C(=O)O. The zero-order chi connectivity index (χ0) is 18.2. The van der Waals surface area contributed by atoms with Gasteiger partial charge in [0.25, 0.3) is 0 Å². The lowest BCUT2D eigenvalue weighted by Crippen LogP contribution is -2.61. The number of hydrogen-bond acceptors (Lipinski definition) is 4. The van der Waals surface area contributed by atoms with E-state index in [1.54, 1.807) is 12.2 Å². The summed E-state index contributed by atoms with van der Waals surface area (Å²) in [5, 5.41) is 31.6. The van der Waals surface area contributed by atoms with E-state index in [4.69, 9.17) is 0 Å². The molecule has 3 N–H and O–H groups in total.